The Morgan fingerprint density at radius 3 is 3.00 bits per heavy atom. The van der Waals surface area contributed by atoms with Gasteiger partial charge in [-0.15, -0.1) is 0 Å². The molecule has 1 aromatic heterocycles. The monoisotopic (exact) mass is 189 g/mol. The van der Waals surface area contributed by atoms with Gasteiger partial charge in [0.2, 0.25) is 0 Å². The number of para-hydroxylation sites is 1. The van der Waals surface area contributed by atoms with E-state index in [4.69, 9.17) is 4.42 Å². The van der Waals surface area contributed by atoms with E-state index in [1.54, 1.807) is 18.2 Å². The maximum atomic E-state index is 11.4. The summed E-state index contributed by atoms with van der Waals surface area (Å²) in [6.07, 6.45) is 1.19. The molecule has 0 aliphatic carbocycles. The van der Waals surface area contributed by atoms with Crippen molar-refractivity contribution in [3.63, 3.8) is 0 Å². The molecule has 1 N–H and O–H groups in total. The van der Waals surface area contributed by atoms with Gasteiger partial charge < -0.3 is 4.42 Å². The van der Waals surface area contributed by atoms with Crippen LogP contribution in [0.15, 0.2) is 40.1 Å². The molecular formula is C10H7NO3. The third kappa shape index (κ3) is 1.17. The average molecular weight is 189 g/mol. The minimum absolute atomic E-state index is 0.243. The molecule has 4 nitrogen and oxygen atoms in total. The van der Waals surface area contributed by atoms with Crippen LogP contribution in [0.2, 0.25) is 0 Å². The van der Waals surface area contributed by atoms with Gasteiger partial charge in [0.05, 0.1) is 5.52 Å². The minimum atomic E-state index is -0.565. The van der Waals surface area contributed by atoms with Crippen molar-refractivity contribution in [3.05, 3.63) is 47.0 Å². The van der Waals surface area contributed by atoms with E-state index in [2.05, 4.69) is 11.6 Å². The Kier molecular flexibility index (Phi) is 1.81. The molecule has 2 aromatic rings. The van der Waals surface area contributed by atoms with E-state index in [0.717, 1.165) is 0 Å². The first-order valence-electron chi connectivity index (χ1n) is 4.01. The fourth-order valence-corrected chi connectivity index (χ4v) is 1.29. The second-order valence-electron chi connectivity index (χ2n) is 2.76. The van der Waals surface area contributed by atoms with Crippen LogP contribution in [0.25, 0.3) is 11.1 Å². The lowest BCUT2D eigenvalue weighted by atomic mass is 10.1. The van der Waals surface area contributed by atoms with Crippen LogP contribution in [-0.2, 0) is 0 Å². The van der Waals surface area contributed by atoms with Gasteiger partial charge in [-0.25, -0.2) is 4.79 Å². The van der Waals surface area contributed by atoms with Gasteiger partial charge in [-0.2, -0.15) is 0 Å². The number of rotatable bonds is 2. The lowest BCUT2D eigenvalue weighted by Crippen LogP contribution is -1.97. The lowest BCUT2D eigenvalue weighted by Gasteiger charge is -1.94. The van der Waals surface area contributed by atoms with Crippen LogP contribution in [0, 0.1) is 0 Å². The first kappa shape index (κ1) is 8.50. The van der Waals surface area contributed by atoms with Gasteiger partial charge in [0, 0.05) is 5.56 Å². The van der Waals surface area contributed by atoms with Crippen molar-refractivity contribution in [1.82, 2.24) is 4.98 Å². The Hall–Kier alpha value is -2.10. The van der Waals surface area contributed by atoms with Crippen LogP contribution in [0.3, 0.4) is 0 Å². The number of hydrogen-bond donors (Lipinski definition) is 1. The van der Waals surface area contributed by atoms with Gasteiger partial charge in [-0.05, 0) is 18.2 Å². The van der Waals surface area contributed by atoms with Crippen molar-refractivity contribution < 1.29 is 9.21 Å². The lowest BCUT2D eigenvalue weighted by molar-refractivity contribution is 0.104. The van der Waals surface area contributed by atoms with E-state index in [9.17, 15) is 9.59 Å². The van der Waals surface area contributed by atoms with Crippen LogP contribution in [0.5, 0.6) is 0 Å². The molecule has 0 aliphatic rings. The molecule has 0 saturated heterocycles. The number of aromatic nitrogens is 1. The number of allylic oxidation sites excluding steroid dienone is 1. The summed E-state index contributed by atoms with van der Waals surface area (Å²) in [7, 11) is 0. The van der Waals surface area contributed by atoms with E-state index in [1.165, 1.54) is 6.08 Å². The van der Waals surface area contributed by atoms with Crippen LogP contribution in [0.1, 0.15) is 10.4 Å². The third-order valence-electron chi connectivity index (χ3n) is 1.91. The number of oxazole rings is 1. The molecule has 0 bridgehead atoms. The molecule has 0 spiro atoms. The van der Waals surface area contributed by atoms with E-state index in [1.807, 2.05) is 0 Å². The van der Waals surface area contributed by atoms with Crippen molar-refractivity contribution in [2.24, 2.45) is 0 Å². The second kappa shape index (κ2) is 2.99. The fourth-order valence-electron chi connectivity index (χ4n) is 1.29. The van der Waals surface area contributed by atoms with E-state index in [-0.39, 0.29) is 5.78 Å². The number of nitrogens with one attached hydrogen (secondary N) is 1. The molecular weight excluding hydrogens is 182 g/mol. The Bertz CT molecular complexity index is 562. The summed E-state index contributed by atoms with van der Waals surface area (Å²) >= 11 is 0. The molecule has 0 atom stereocenters. The van der Waals surface area contributed by atoms with E-state index < -0.39 is 5.76 Å². The van der Waals surface area contributed by atoms with Gasteiger partial charge in [0.15, 0.2) is 11.4 Å². The Morgan fingerprint density at radius 1 is 1.50 bits per heavy atom. The zero-order chi connectivity index (χ0) is 10.1. The molecule has 0 aliphatic heterocycles. The molecule has 1 heterocycles. The van der Waals surface area contributed by atoms with Crippen molar-refractivity contribution in [2.45, 2.75) is 0 Å². The topological polar surface area (TPSA) is 63.1 Å². The maximum Gasteiger partial charge on any atom is 0.417 e. The van der Waals surface area contributed by atoms with Crippen LogP contribution in [-0.4, -0.2) is 10.8 Å². The van der Waals surface area contributed by atoms with Crippen molar-refractivity contribution >= 4 is 16.9 Å². The number of carbonyl (C=O) groups is 1. The summed E-state index contributed by atoms with van der Waals surface area (Å²) in [6, 6.07) is 4.88. The van der Waals surface area contributed by atoms with Gasteiger partial charge >= 0.3 is 5.76 Å². The highest BCUT2D eigenvalue weighted by molar-refractivity contribution is 6.11. The largest absolute Gasteiger partial charge is 0.417 e. The van der Waals surface area contributed by atoms with Gasteiger partial charge in [0.1, 0.15) is 0 Å². The van der Waals surface area contributed by atoms with Crippen molar-refractivity contribution in [3.8, 4) is 0 Å². The van der Waals surface area contributed by atoms with Crippen LogP contribution >= 0.6 is 0 Å². The molecule has 4 heteroatoms. The molecule has 0 saturated carbocycles. The summed E-state index contributed by atoms with van der Waals surface area (Å²) in [5.41, 5.74) is 1.19. The summed E-state index contributed by atoms with van der Waals surface area (Å²) in [4.78, 5) is 24.7. The number of H-pyrrole nitrogens is 1. The third-order valence-corrected chi connectivity index (χ3v) is 1.91. The standard InChI is InChI=1S/C10H7NO3/c1-2-7(12)6-4-3-5-8-9(6)11-10(13)14-8/h2-5H,1H2,(H,11,13). The van der Waals surface area contributed by atoms with Gasteiger partial charge in [-0.3, -0.25) is 9.78 Å². The fraction of sp³-hybridized carbons (Fsp3) is 0. The first-order chi connectivity index (χ1) is 6.72. The normalized spacial score (nSPS) is 10.3. The zero-order valence-electron chi connectivity index (χ0n) is 7.24. The van der Waals surface area contributed by atoms with Gasteiger partial charge in [0.25, 0.3) is 0 Å². The van der Waals surface area contributed by atoms with Crippen molar-refractivity contribution in [2.75, 3.05) is 0 Å². The first-order valence-corrected chi connectivity index (χ1v) is 4.01. The number of fused-ring (bicyclic) bond motifs is 1. The highest BCUT2D eigenvalue weighted by Crippen LogP contribution is 2.15. The Balaban J connectivity index is 2.82. The minimum Gasteiger partial charge on any atom is -0.408 e. The van der Waals surface area contributed by atoms with E-state index in [0.29, 0.717) is 16.7 Å². The second-order valence-corrected chi connectivity index (χ2v) is 2.76. The molecule has 14 heavy (non-hydrogen) atoms. The van der Waals surface area contributed by atoms with E-state index >= 15 is 0 Å². The molecule has 0 amide bonds. The molecule has 2 rings (SSSR count). The highest BCUT2D eigenvalue weighted by Gasteiger charge is 2.09. The Morgan fingerprint density at radius 2 is 2.29 bits per heavy atom. The molecule has 0 fully saturated rings. The maximum absolute atomic E-state index is 11.4. The number of hydrogen-bond acceptors (Lipinski definition) is 3. The average Bonchev–Trinajstić information content (AvgIpc) is 2.56. The predicted octanol–water partition coefficient (Wildman–Crippen LogP) is 1.49. The molecule has 1 aromatic carbocycles. The summed E-state index contributed by atoms with van der Waals surface area (Å²) < 4.78 is 4.81. The van der Waals surface area contributed by atoms with Crippen LogP contribution in [0.4, 0.5) is 0 Å². The number of ketones is 1. The SMILES string of the molecule is C=CC(=O)c1cccc2oc(=O)[nH]c12. The zero-order valence-corrected chi connectivity index (χ0v) is 7.24. The molecule has 0 unspecified atom stereocenters. The van der Waals surface area contributed by atoms with Crippen LogP contribution < -0.4 is 5.76 Å². The van der Waals surface area contributed by atoms with Crippen molar-refractivity contribution in [1.29, 1.82) is 0 Å². The Labute approximate surface area is 78.9 Å². The molecule has 0 radical (unpaired) electrons. The summed E-state index contributed by atoms with van der Waals surface area (Å²) in [5.74, 6) is -0.808. The highest BCUT2D eigenvalue weighted by atomic mass is 16.4. The summed E-state index contributed by atoms with van der Waals surface area (Å²) in [6.45, 7) is 3.38. The smallest absolute Gasteiger partial charge is 0.408 e. The molecule has 70 valence electrons. The number of aromatic amines is 1. The predicted molar refractivity (Wildman–Crippen MR) is 51.4 cm³/mol. The quantitative estimate of drug-likeness (QED) is 0.575. The van der Waals surface area contributed by atoms with Gasteiger partial charge in [-0.1, -0.05) is 12.6 Å². The number of carbonyl (C=O) groups excluding carboxylic acids is 1. The summed E-state index contributed by atoms with van der Waals surface area (Å²) in [5, 5.41) is 0. The number of benzene rings is 1.